The lowest BCUT2D eigenvalue weighted by atomic mass is 10.2. The Morgan fingerprint density at radius 1 is 0.867 bits per heavy atom. The average molecular weight is 438 g/mol. The monoisotopic (exact) mass is 437 g/mol. The normalized spacial score (nSPS) is 19.6. The summed E-state index contributed by atoms with van der Waals surface area (Å²) in [6, 6.07) is 9.82. The van der Waals surface area contributed by atoms with E-state index in [1.165, 1.54) is 10.6 Å². The van der Waals surface area contributed by atoms with Crippen molar-refractivity contribution in [2.75, 3.05) is 71.7 Å². The van der Waals surface area contributed by atoms with Crippen LogP contribution in [0.15, 0.2) is 30.3 Å². The maximum absolute atomic E-state index is 12.5. The molecule has 0 aromatic heterocycles. The average Bonchev–Trinajstić information content (AvgIpc) is 2.74. The molecular weight excluding hydrogens is 406 g/mol. The molecular formula is C20H31N5O4S. The number of amides is 2. The van der Waals surface area contributed by atoms with E-state index >= 15 is 0 Å². The van der Waals surface area contributed by atoms with E-state index in [1.54, 1.807) is 4.90 Å². The fourth-order valence-electron chi connectivity index (χ4n) is 3.72. The first kappa shape index (κ1) is 22.7. The van der Waals surface area contributed by atoms with Crippen LogP contribution in [0.4, 0.5) is 0 Å². The van der Waals surface area contributed by atoms with Crippen LogP contribution in [0.1, 0.15) is 5.56 Å². The summed E-state index contributed by atoms with van der Waals surface area (Å²) >= 11 is 0. The maximum atomic E-state index is 12.5. The number of nitrogens with zero attached hydrogens (tertiary/aromatic N) is 4. The van der Waals surface area contributed by atoms with Gasteiger partial charge in [-0.2, -0.15) is 4.31 Å². The zero-order chi connectivity index (χ0) is 21.6. The smallest absolute Gasteiger partial charge is 0.236 e. The van der Waals surface area contributed by atoms with Crippen LogP contribution in [-0.2, 0) is 26.2 Å². The molecule has 30 heavy (non-hydrogen) atoms. The minimum Gasteiger partial charge on any atom is -0.351 e. The summed E-state index contributed by atoms with van der Waals surface area (Å²) in [5.41, 5.74) is 1.08. The molecule has 0 atom stereocenters. The Hall–Kier alpha value is -2.01. The Bertz CT molecular complexity index is 817. The van der Waals surface area contributed by atoms with Gasteiger partial charge in [-0.1, -0.05) is 30.3 Å². The van der Waals surface area contributed by atoms with Gasteiger partial charge in [0.05, 0.1) is 19.3 Å². The molecule has 3 rings (SSSR count). The predicted molar refractivity (Wildman–Crippen MR) is 114 cm³/mol. The highest BCUT2D eigenvalue weighted by Gasteiger charge is 2.28. The number of rotatable bonds is 7. The third-order valence-corrected chi connectivity index (χ3v) is 6.89. The molecule has 0 unspecified atom stereocenters. The Morgan fingerprint density at radius 3 is 2.00 bits per heavy atom. The highest BCUT2D eigenvalue weighted by molar-refractivity contribution is 7.88. The molecule has 2 amide bonds. The third-order valence-electron chi connectivity index (χ3n) is 5.58. The van der Waals surface area contributed by atoms with Crippen molar-refractivity contribution in [2.45, 2.75) is 6.54 Å². The zero-order valence-corrected chi connectivity index (χ0v) is 18.3. The van der Waals surface area contributed by atoms with E-state index < -0.39 is 10.0 Å². The molecule has 1 aromatic rings. The first-order valence-electron chi connectivity index (χ1n) is 10.3. The van der Waals surface area contributed by atoms with Crippen molar-refractivity contribution in [3.05, 3.63) is 35.9 Å². The lowest BCUT2D eigenvalue weighted by Crippen LogP contribution is -2.55. The van der Waals surface area contributed by atoms with Crippen molar-refractivity contribution in [2.24, 2.45) is 0 Å². The SMILES string of the molecule is CS(=O)(=O)N1CCN(C(=O)CN2CCN(CC(=O)NCc3ccccc3)CC2)CC1. The molecule has 0 aliphatic carbocycles. The molecule has 1 N–H and O–H groups in total. The lowest BCUT2D eigenvalue weighted by Gasteiger charge is -2.37. The number of piperazine rings is 2. The van der Waals surface area contributed by atoms with Crippen molar-refractivity contribution in [3.63, 3.8) is 0 Å². The van der Waals surface area contributed by atoms with E-state index in [2.05, 4.69) is 15.1 Å². The zero-order valence-electron chi connectivity index (χ0n) is 17.5. The summed E-state index contributed by atoms with van der Waals surface area (Å²) < 4.78 is 24.6. The summed E-state index contributed by atoms with van der Waals surface area (Å²) in [6.07, 6.45) is 1.20. The molecule has 166 valence electrons. The minimum atomic E-state index is -3.19. The summed E-state index contributed by atoms with van der Waals surface area (Å²) in [6.45, 7) is 5.79. The molecule has 2 fully saturated rings. The Labute approximate surface area is 178 Å². The van der Waals surface area contributed by atoms with Gasteiger partial charge in [0.2, 0.25) is 21.8 Å². The number of hydrogen-bond donors (Lipinski definition) is 1. The third kappa shape index (κ3) is 6.76. The second kappa shape index (κ2) is 10.3. The van der Waals surface area contributed by atoms with Crippen LogP contribution >= 0.6 is 0 Å². The molecule has 10 heteroatoms. The number of benzene rings is 1. The van der Waals surface area contributed by atoms with Crippen LogP contribution in [0.5, 0.6) is 0 Å². The van der Waals surface area contributed by atoms with Gasteiger partial charge in [-0.15, -0.1) is 0 Å². The number of hydrogen-bond acceptors (Lipinski definition) is 6. The summed E-state index contributed by atoms with van der Waals surface area (Å²) in [5.74, 6) is 0.0457. The Morgan fingerprint density at radius 2 is 1.43 bits per heavy atom. The lowest BCUT2D eigenvalue weighted by molar-refractivity contribution is -0.134. The highest BCUT2D eigenvalue weighted by atomic mass is 32.2. The van der Waals surface area contributed by atoms with E-state index in [4.69, 9.17) is 0 Å². The minimum absolute atomic E-state index is 0.00660. The van der Waals surface area contributed by atoms with Gasteiger partial charge in [0.25, 0.3) is 0 Å². The van der Waals surface area contributed by atoms with Crippen molar-refractivity contribution < 1.29 is 18.0 Å². The van der Waals surface area contributed by atoms with Gasteiger partial charge in [0.1, 0.15) is 0 Å². The van der Waals surface area contributed by atoms with Crippen LogP contribution in [0.25, 0.3) is 0 Å². The van der Waals surface area contributed by atoms with Crippen LogP contribution < -0.4 is 5.32 Å². The van der Waals surface area contributed by atoms with Crippen molar-refractivity contribution >= 4 is 21.8 Å². The van der Waals surface area contributed by atoms with Crippen molar-refractivity contribution in [1.82, 2.24) is 24.3 Å². The topological polar surface area (TPSA) is 93.3 Å². The second-order valence-electron chi connectivity index (χ2n) is 7.86. The molecule has 0 saturated carbocycles. The molecule has 2 saturated heterocycles. The molecule has 2 aliphatic heterocycles. The van der Waals surface area contributed by atoms with Crippen molar-refractivity contribution in [3.8, 4) is 0 Å². The van der Waals surface area contributed by atoms with Crippen LogP contribution in [0.2, 0.25) is 0 Å². The molecule has 0 radical (unpaired) electrons. The van der Waals surface area contributed by atoms with Crippen molar-refractivity contribution in [1.29, 1.82) is 0 Å². The number of sulfonamides is 1. The first-order chi connectivity index (χ1) is 14.3. The summed E-state index contributed by atoms with van der Waals surface area (Å²) in [5, 5.41) is 2.95. The molecule has 1 aromatic carbocycles. The molecule has 2 heterocycles. The maximum Gasteiger partial charge on any atom is 0.236 e. The first-order valence-corrected chi connectivity index (χ1v) is 12.1. The van der Waals surface area contributed by atoms with Gasteiger partial charge in [-0.3, -0.25) is 19.4 Å². The van der Waals surface area contributed by atoms with E-state index in [9.17, 15) is 18.0 Å². The van der Waals surface area contributed by atoms with Gasteiger partial charge in [0.15, 0.2) is 0 Å². The van der Waals surface area contributed by atoms with Crippen LogP contribution in [0, 0.1) is 0 Å². The van der Waals surface area contributed by atoms with E-state index in [1.807, 2.05) is 30.3 Å². The van der Waals surface area contributed by atoms with E-state index in [0.717, 1.165) is 31.7 Å². The van der Waals surface area contributed by atoms with Crippen LogP contribution in [-0.4, -0.2) is 111 Å². The summed E-state index contributed by atoms with van der Waals surface area (Å²) in [4.78, 5) is 30.7. The Kier molecular flexibility index (Phi) is 7.81. The quantitative estimate of drug-likeness (QED) is 0.590. The highest BCUT2D eigenvalue weighted by Crippen LogP contribution is 2.08. The number of nitrogens with one attached hydrogen (secondary N) is 1. The number of carbonyl (C=O) groups is 2. The fraction of sp³-hybridized carbons (Fsp3) is 0.600. The molecule has 2 aliphatic rings. The largest absolute Gasteiger partial charge is 0.351 e. The molecule has 0 bridgehead atoms. The van der Waals surface area contributed by atoms with Gasteiger partial charge in [0, 0.05) is 58.9 Å². The van der Waals surface area contributed by atoms with E-state index in [0.29, 0.717) is 45.8 Å². The predicted octanol–water partition coefficient (Wildman–Crippen LogP) is -0.976. The van der Waals surface area contributed by atoms with Gasteiger partial charge in [-0.25, -0.2) is 8.42 Å². The Balaban J connectivity index is 1.33. The fourth-order valence-corrected chi connectivity index (χ4v) is 4.55. The van der Waals surface area contributed by atoms with E-state index in [-0.39, 0.29) is 11.8 Å². The molecule has 9 nitrogen and oxygen atoms in total. The van der Waals surface area contributed by atoms with Gasteiger partial charge in [-0.05, 0) is 5.56 Å². The second-order valence-corrected chi connectivity index (χ2v) is 9.84. The van der Waals surface area contributed by atoms with Gasteiger partial charge >= 0.3 is 0 Å². The molecule has 0 spiro atoms. The van der Waals surface area contributed by atoms with Gasteiger partial charge < -0.3 is 10.2 Å². The standard InChI is InChI=1S/C20H31N5O4S/c1-30(28,29)25-13-11-24(12-14-25)20(27)17-23-9-7-22(8-10-23)16-19(26)21-15-18-5-3-2-4-6-18/h2-6H,7-17H2,1H3,(H,21,26). The summed E-state index contributed by atoms with van der Waals surface area (Å²) in [7, 11) is -3.19. The number of carbonyl (C=O) groups excluding carboxylic acids is 2. The van der Waals surface area contributed by atoms with Crippen LogP contribution in [0.3, 0.4) is 0 Å².